The van der Waals surface area contributed by atoms with E-state index in [0.29, 0.717) is 44.6 Å². The normalized spacial score (nSPS) is 21.1. The second-order valence-corrected chi connectivity index (χ2v) is 19.0. The van der Waals surface area contributed by atoms with E-state index < -0.39 is 11.2 Å². The van der Waals surface area contributed by atoms with Gasteiger partial charge in [-0.05, 0) is 41.5 Å². The smallest absolute Gasteiger partial charge is 0.291 e. The zero-order valence-electron chi connectivity index (χ0n) is 29.2. The molecule has 0 radical (unpaired) electrons. The summed E-state index contributed by atoms with van der Waals surface area (Å²) in [6.07, 6.45) is 0. The minimum atomic E-state index is -0.700. The summed E-state index contributed by atoms with van der Waals surface area (Å²) >= 11 is 8.30. The van der Waals surface area contributed by atoms with Gasteiger partial charge in [-0.3, -0.25) is 9.59 Å². The number of nitrogens with zero attached hydrogens (tertiary/aromatic N) is 8. The fraction of sp³-hybridized carbons (Fsp3) is 0.278. The molecule has 0 unspecified atom stereocenters. The summed E-state index contributed by atoms with van der Waals surface area (Å²) in [5.74, 6) is 0.659. The molecule has 4 aliphatic heterocycles. The molecule has 8 rings (SSSR count). The van der Waals surface area contributed by atoms with Crippen LogP contribution in [0.15, 0.2) is 43.6 Å². The molecule has 4 aliphatic rings. The zero-order valence-corrected chi connectivity index (χ0v) is 34.1. The van der Waals surface area contributed by atoms with Gasteiger partial charge in [0, 0.05) is 36.3 Å². The molecule has 0 atom stereocenters. The number of fused-ring (bicyclic) bond motifs is 9. The van der Waals surface area contributed by atoms with Gasteiger partial charge in [0.2, 0.25) is 0 Å². The van der Waals surface area contributed by atoms with Crippen molar-refractivity contribution in [1.29, 1.82) is 10.5 Å². The number of allylic oxidation sites excluding steroid dienone is 2. The molecule has 12 nitrogen and oxygen atoms in total. The van der Waals surface area contributed by atoms with Gasteiger partial charge in [-0.15, -0.1) is 45.3 Å². The van der Waals surface area contributed by atoms with Crippen LogP contribution < -0.4 is 9.47 Å². The first kappa shape index (κ1) is 36.1. The van der Waals surface area contributed by atoms with Crippen molar-refractivity contribution in [1.82, 2.24) is 9.80 Å². The molecule has 2 fully saturated rings. The Balaban J connectivity index is 1.20. The lowest BCUT2D eigenvalue weighted by atomic mass is 9.92. The Hall–Kier alpha value is -4.92. The molecule has 0 N–H and O–H groups in total. The molecule has 0 saturated carbocycles. The highest BCUT2D eigenvalue weighted by Gasteiger charge is 2.45. The van der Waals surface area contributed by atoms with Crippen LogP contribution in [-0.2, 0) is 20.8 Å². The van der Waals surface area contributed by atoms with E-state index in [4.69, 9.17) is 32.6 Å². The molecular formula is C36H24N8O4S6. The predicted octanol–water partition coefficient (Wildman–Crippen LogP) is 10.1. The number of amides is 2. The number of carbonyl (C=O) groups excluding carboxylic acids is 2. The van der Waals surface area contributed by atoms with Crippen LogP contribution in [0.1, 0.15) is 52.7 Å². The standard InChI is InChI=1S/C36H24N8O4S6/c1-9-43-31(45)29(53-33(43)15(13-37)39-7)41-19-11-17-23(49-19)25-21(35(3,4)47-17)27-28(51-25)22-26(52-27)24-18(48-36(22,5)6)12-20(50-24)42-30-32(46)44(10-2)34(54-30)16(14-38)40-8/h11-12H,9-10H2,1-6H3/b33-15-,34-16+,41-29?,42-30?. The van der Waals surface area contributed by atoms with E-state index in [-0.39, 0.29) is 33.3 Å². The molecule has 54 heavy (non-hydrogen) atoms. The van der Waals surface area contributed by atoms with Gasteiger partial charge < -0.3 is 19.3 Å². The molecule has 2 saturated heterocycles. The Labute approximate surface area is 334 Å². The summed E-state index contributed by atoms with van der Waals surface area (Å²) in [6, 6.07) is 7.46. The van der Waals surface area contributed by atoms with Crippen LogP contribution >= 0.6 is 68.9 Å². The Kier molecular flexibility index (Phi) is 8.58. The fourth-order valence-electron chi connectivity index (χ4n) is 6.61. The lowest BCUT2D eigenvalue weighted by Gasteiger charge is -2.31. The molecule has 0 bridgehead atoms. The van der Waals surface area contributed by atoms with Crippen molar-refractivity contribution >= 4 is 110 Å². The Morgan fingerprint density at radius 3 is 1.44 bits per heavy atom. The van der Waals surface area contributed by atoms with E-state index in [9.17, 15) is 20.1 Å². The van der Waals surface area contributed by atoms with Crippen LogP contribution in [0.2, 0.25) is 0 Å². The summed E-state index contributed by atoms with van der Waals surface area (Å²) in [7, 11) is 0. The molecule has 2 amide bonds. The summed E-state index contributed by atoms with van der Waals surface area (Å²) in [5.41, 5.74) is 0.448. The summed E-state index contributed by atoms with van der Waals surface area (Å²) in [5, 5.41) is 21.1. The van der Waals surface area contributed by atoms with Gasteiger partial charge in [0.25, 0.3) is 23.2 Å². The van der Waals surface area contributed by atoms with Crippen molar-refractivity contribution in [2.24, 2.45) is 9.98 Å². The minimum absolute atomic E-state index is 0.140. The maximum absolute atomic E-state index is 13.2. The quantitative estimate of drug-likeness (QED) is 0.146. The number of hydrogen-bond acceptors (Lipinski definition) is 14. The number of thioether (sulfide) groups is 2. The van der Waals surface area contributed by atoms with Crippen LogP contribution in [0.3, 0.4) is 0 Å². The molecule has 0 aromatic carbocycles. The second-order valence-electron chi connectivity index (χ2n) is 12.9. The van der Waals surface area contributed by atoms with Gasteiger partial charge in [-0.2, -0.15) is 0 Å². The van der Waals surface area contributed by atoms with Gasteiger partial charge in [-0.25, -0.2) is 30.2 Å². The number of rotatable bonds is 4. The first-order valence-corrected chi connectivity index (χ1v) is 21.2. The van der Waals surface area contributed by atoms with E-state index in [1.165, 1.54) is 32.5 Å². The molecule has 4 aromatic rings. The van der Waals surface area contributed by atoms with Crippen molar-refractivity contribution in [2.45, 2.75) is 52.7 Å². The van der Waals surface area contributed by atoms with E-state index in [1.54, 1.807) is 36.5 Å². The third kappa shape index (κ3) is 5.32. The average molecular weight is 825 g/mol. The van der Waals surface area contributed by atoms with Crippen LogP contribution in [-0.4, -0.2) is 44.8 Å². The first-order chi connectivity index (χ1) is 25.8. The van der Waals surface area contributed by atoms with E-state index in [0.717, 1.165) is 63.6 Å². The lowest BCUT2D eigenvalue weighted by Crippen LogP contribution is -2.28. The predicted molar refractivity (Wildman–Crippen MR) is 216 cm³/mol. The highest BCUT2D eigenvalue weighted by molar-refractivity contribution is 8.20. The number of ether oxygens (including phenoxy) is 2. The Morgan fingerprint density at radius 2 is 1.11 bits per heavy atom. The number of thiophene rings is 4. The van der Waals surface area contributed by atoms with E-state index in [1.807, 2.05) is 52.0 Å². The van der Waals surface area contributed by atoms with Crippen LogP contribution in [0.25, 0.3) is 38.6 Å². The topological polar surface area (TPSA) is 140 Å². The highest BCUT2D eigenvalue weighted by Crippen LogP contribution is 2.63. The monoisotopic (exact) mass is 824 g/mol. The second kappa shape index (κ2) is 12.8. The molecule has 8 heterocycles. The molecule has 18 heteroatoms. The number of nitriles is 2. The number of hydrogen-bond donors (Lipinski definition) is 0. The first-order valence-electron chi connectivity index (χ1n) is 16.3. The van der Waals surface area contributed by atoms with Crippen LogP contribution in [0, 0.1) is 35.8 Å². The SMILES string of the molecule is [C-]#[N+]/C(C#N)=C1\SC(=Nc2cc3c(s2)-c2sc4c5c(sc4c2C(C)(C)O3)-c2sc(N=C3S/C(=C(\C#N)[N+]#[C-])N(CC)C3=O)cc2OC5(C)C)C(=O)N1CC. The molecule has 4 aromatic heterocycles. The number of aliphatic imine (C=N–C) groups is 2. The maximum Gasteiger partial charge on any atom is 0.291 e. The highest BCUT2D eigenvalue weighted by atomic mass is 32.2. The molecule has 268 valence electrons. The van der Waals surface area contributed by atoms with E-state index >= 15 is 0 Å². The van der Waals surface area contributed by atoms with Gasteiger partial charge in [-0.1, -0.05) is 23.5 Å². The van der Waals surface area contributed by atoms with Crippen LogP contribution in [0.5, 0.6) is 11.5 Å². The van der Waals surface area contributed by atoms with Gasteiger partial charge in [0.1, 0.15) is 42.8 Å². The molecule has 0 spiro atoms. The van der Waals surface area contributed by atoms with Crippen molar-refractivity contribution in [3.05, 3.63) is 67.5 Å². The van der Waals surface area contributed by atoms with Crippen molar-refractivity contribution in [3.63, 3.8) is 0 Å². The third-order valence-corrected chi connectivity index (χ3v) is 15.9. The lowest BCUT2D eigenvalue weighted by molar-refractivity contribution is -0.121. The average Bonchev–Trinajstić information content (AvgIpc) is 3.96. The summed E-state index contributed by atoms with van der Waals surface area (Å²) in [4.78, 5) is 49.3. The van der Waals surface area contributed by atoms with Gasteiger partial charge >= 0.3 is 0 Å². The zero-order chi connectivity index (χ0) is 38.4. The maximum atomic E-state index is 13.2. The summed E-state index contributed by atoms with van der Waals surface area (Å²) < 4.78 is 15.5. The molecular weight excluding hydrogens is 801 g/mol. The number of carbonyl (C=O) groups is 2. The fourth-order valence-corrected chi connectivity index (χ4v) is 14.5. The Morgan fingerprint density at radius 1 is 0.722 bits per heavy atom. The van der Waals surface area contributed by atoms with Crippen molar-refractivity contribution in [2.75, 3.05) is 13.1 Å². The van der Waals surface area contributed by atoms with Crippen LogP contribution in [0.4, 0.5) is 10.0 Å². The minimum Gasteiger partial charge on any atom is -0.481 e. The Bertz CT molecular complexity index is 2490. The van der Waals surface area contributed by atoms with Gasteiger partial charge in [0.05, 0.1) is 54.2 Å². The van der Waals surface area contributed by atoms with Gasteiger partial charge in [0.15, 0.2) is 10.1 Å². The molecule has 0 aliphatic carbocycles. The van der Waals surface area contributed by atoms with Crippen molar-refractivity contribution in [3.8, 4) is 43.1 Å². The third-order valence-electron chi connectivity index (χ3n) is 8.87. The largest absolute Gasteiger partial charge is 0.481 e. The van der Waals surface area contributed by atoms with E-state index in [2.05, 4.69) is 9.69 Å². The van der Waals surface area contributed by atoms with Crippen molar-refractivity contribution < 1.29 is 19.1 Å². The summed E-state index contributed by atoms with van der Waals surface area (Å²) in [6.45, 7) is 27.1.